The summed E-state index contributed by atoms with van der Waals surface area (Å²) < 4.78 is 5.57. The summed E-state index contributed by atoms with van der Waals surface area (Å²) in [6.45, 7) is 4.43. The average Bonchev–Trinajstić information content (AvgIpc) is 2.55. The third kappa shape index (κ3) is 9.21. The van der Waals surface area contributed by atoms with Gasteiger partial charge in [-0.3, -0.25) is 4.79 Å². The maximum atomic E-state index is 11.6. The molecule has 110 valence electrons. The molecule has 0 bridgehead atoms. The molecular weight excluding hydrogens is 280 g/mol. The first-order chi connectivity index (χ1) is 9.33. The molecule has 0 aromatic heterocycles. The Hall–Kier alpha value is -0.360. The van der Waals surface area contributed by atoms with E-state index in [1.54, 1.807) is 0 Å². The van der Waals surface area contributed by atoms with Crippen molar-refractivity contribution in [2.75, 3.05) is 19.7 Å². The highest BCUT2D eigenvalue weighted by atomic mass is 33.1. The van der Waals surface area contributed by atoms with E-state index in [0.717, 1.165) is 38.8 Å². The van der Waals surface area contributed by atoms with Crippen molar-refractivity contribution in [3.05, 3.63) is 0 Å². The first-order valence-electron chi connectivity index (χ1n) is 7.12. The SMILES string of the molecule is CCCCCNC(=O)SS/C1=N/CCCCCCO1. The van der Waals surface area contributed by atoms with Crippen LogP contribution in [0.5, 0.6) is 0 Å². The van der Waals surface area contributed by atoms with E-state index in [2.05, 4.69) is 17.2 Å². The Morgan fingerprint density at radius 2 is 2.16 bits per heavy atom. The topological polar surface area (TPSA) is 50.7 Å². The normalized spacial score (nSPS) is 19.3. The van der Waals surface area contributed by atoms with Gasteiger partial charge in [0.05, 0.1) is 6.61 Å². The minimum Gasteiger partial charge on any atom is -0.472 e. The number of nitrogens with zero attached hydrogens (tertiary/aromatic N) is 1. The molecular formula is C13H24N2O2S2. The van der Waals surface area contributed by atoms with Crippen LogP contribution in [0.1, 0.15) is 51.9 Å². The maximum Gasteiger partial charge on any atom is 0.290 e. The Morgan fingerprint density at radius 3 is 3.00 bits per heavy atom. The van der Waals surface area contributed by atoms with Gasteiger partial charge in [0.25, 0.3) is 10.5 Å². The summed E-state index contributed by atoms with van der Waals surface area (Å²) in [7, 11) is 2.51. The first-order valence-corrected chi connectivity index (χ1v) is 9.27. The maximum absolute atomic E-state index is 11.6. The number of hydrogen-bond donors (Lipinski definition) is 1. The lowest BCUT2D eigenvalue weighted by molar-refractivity contribution is 0.260. The number of hydrogen-bond acceptors (Lipinski definition) is 5. The molecule has 0 aromatic carbocycles. The molecule has 0 aliphatic carbocycles. The van der Waals surface area contributed by atoms with E-state index >= 15 is 0 Å². The Kier molecular flexibility index (Phi) is 10.1. The lowest BCUT2D eigenvalue weighted by Gasteiger charge is -2.07. The fraction of sp³-hybridized carbons (Fsp3) is 0.846. The zero-order chi connectivity index (χ0) is 13.8. The van der Waals surface area contributed by atoms with E-state index in [1.807, 2.05) is 0 Å². The fourth-order valence-electron chi connectivity index (χ4n) is 1.66. The summed E-state index contributed by atoms with van der Waals surface area (Å²) in [5.41, 5.74) is 0. The van der Waals surface area contributed by atoms with Crippen molar-refractivity contribution in [3.63, 3.8) is 0 Å². The van der Waals surface area contributed by atoms with Gasteiger partial charge < -0.3 is 10.1 Å². The van der Waals surface area contributed by atoms with Gasteiger partial charge in [-0.2, -0.15) is 0 Å². The van der Waals surface area contributed by atoms with Crippen molar-refractivity contribution in [2.24, 2.45) is 4.99 Å². The number of amides is 1. The lowest BCUT2D eigenvalue weighted by Crippen LogP contribution is -2.19. The largest absolute Gasteiger partial charge is 0.472 e. The van der Waals surface area contributed by atoms with Crippen LogP contribution in [0.4, 0.5) is 4.79 Å². The van der Waals surface area contributed by atoms with Crippen LogP contribution in [0.15, 0.2) is 4.99 Å². The molecule has 4 nitrogen and oxygen atoms in total. The molecule has 1 N–H and O–H groups in total. The van der Waals surface area contributed by atoms with Gasteiger partial charge in [0.1, 0.15) is 0 Å². The first kappa shape index (κ1) is 16.7. The predicted octanol–water partition coefficient (Wildman–Crippen LogP) is 4.21. The third-order valence-electron chi connectivity index (χ3n) is 2.76. The van der Waals surface area contributed by atoms with Crippen molar-refractivity contribution >= 4 is 32.1 Å². The van der Waals surface area contributed by atoms with Crippen LogP contribution in [0, 0.1) is 0 Å². The van der Waals surface area contributed by atoms with Crippen LogP contribution in [0.3, 0.4) is 0 Å². The number of rotatable bonds is 4. The number of carbonyl (C=O) groups excluding carboxylic acids is 1. The standard InChI is InChI=1S/C13H24N2O2S2/c1-2-3-6-9-14-12(16)18-19-13-15-10-7-4-5-8-11-17-13/h2-11H2,1H3,(H,14,16)/b15-13+. The van der Waals surface area contributed by atoms with Crippen molar-refractivity contribution in [1.82, 2.24) is 5.32 Å². The summed E-state index contributed by atoms with van der Waals surface area (Å²) in [5.74, 6) is 0. The number of unbranched alkanes of at least 4 members (excludes halogenated alkanes) is 2. The molecule has 6 heteroatoms. The molecule has 0 fully saturated rings. The van der Waals surface area contributed by atoms with Gasteiger partial charge >= 0.3 is 0 Å². The van der Waals surface area contributed by atoms with E-state index in [4.69, 9.17) is 4.74 Å². The lowest BCUT2D eigenvalue weighted by atomic mass is 10.2. The highest BCUT2D eigenvalue weighted by Crippen LogP contribution is 2.25. The zero-order valence-corrected chi connectivity index (χ0v) is 13.3. The molecule has 0 radical (unpaired) electrons. The molecule has 0 saturated carbocycles. The molecule has 1 amide bonds. The molecule has 0 atom stereocenters. The van der Waals surface area contributed by atoms with Gasteiger partial charge in [0.15, 0.2) is 0 Å². The molecule has 0 aromatic rings. The Labute approximate surface area is 123 Å². The van der Waals surface area contributed by atoms with Crippen LogP contribution >= 0.6 is 21.6 Å². The van der Waals surface area contributed by atoms with Crippen molar-refractivity contribution in [3.8, 4) is 0 Å². The van der Waals surface area contributed by atoms with Crippen molar-refractivity contribution < 1.29 is 9.53 Å². The molecule has 0 spiro atoms. The summed E-state index contributed by atoms with van der Waals surface area (Å²) in [6.07, 6.45) is 7.99. The number of carbonyl (C=O) groups is 1. The van der Waals surface area contributed by atoms with E-state index < -0.39 is 0 Å². The summed E-state index contributed by atoms with van der Waals surface area (Å²) in [5, 5.41) is 3.53. The second-order valence-corrected chi connectivity index (χ2v) is 6.55. The average molecular weight is 304 g/mol. The molecule has 19 heavy (non-hydrogen) atoms. The molecule has 1 heterocycles. The van der Waals surface area contributed by atoms with Gasteiger partial charge in [-0.25, -0.2) is 4.99 Å². The minimum atomic E-state index is -0.00715. The van der Waals surface area contributed by atoms with Gasteiger partial charge in [0, 0.05) is 34.7 Å². The molecule has 1 aliphatic heterocycles. The van der Waals surface area contributed by atoms with Crippen molar-refractivity contribution in [2.45, 2.75) is 51.9 Å². The Bertz CT molecular complexity index is 286. The summed E-state index contributed by atoms with van der Waals surface area (Å²) >= 11 is 0. The highest BCUT2D eigenvalue weighted by molar-refractivity contribution is 8.87. The molecule has 1 rings (SSSR count). The van der Waals surface area contributed by atoms with Crippen LogP contribution in [-0.4, -0.2) is 30.2 Å². The monoisotopic (exact) mass is 304 g/mol. The summed E-state index contributed by atoms with van der Waals surface area (Å²) in [6, 6.07) is 0. The fourth-order valence-corrected chi connectivity index (χ4v) is 3.17. The third-order valence-corrected chi connectivity index (χ3v) is 4.66. The van der Waals surface area contributed by atoms with Crippen LogP contribution in [-0.2, 0) is 4.74 Å². The minimum absolute atomic E-state index is 0.00715. The highest BCUT2D eigenvalue weighted by Gasteiger charge is 2.09. The zero-order valence-electron chi connectivity index (χ0n) is 11.7. The smallest absolute Gasteiger partial charge is 0.290 e. The second-order valence-electron chi connectivity index (χ2n) is 4.50. The van der Waals surface area contributed by atoms with E-state index in [1.165, 1.54) is 40.9 Å². The van der Waals surface area contributed by atoms with Gasteiger partial charge in [-0.15, -0.1) is 0 Å². The van der Waals surface area contributed by atoms with Gasteiger partial charge in [-0.05, 0) is 25.7 Å². The van der Waals surface area contributed by atoms with Gasteiger partial charge in [0.2, 0.25) is 0 Å². The molecule has 0 saturated heterocycles. The predicted molar refractivity (Wildman–Crippen MR) is 84.8 cm³/mol. The van der Waals surface area contributed by atoms with Crippen LogP contribution in [0.2, 0.25) is 0 Å². The quantitative estimate of drug-likeness (QED) is 0.624. The molecule has 0 unspecified atom stereocenters. The Morgan fingerprint density at radius 1 is 1.32 bits per heavy atom. The van der Waals surface area contributed by atoms with E-state index in [0.29, 0.717) is 11.8 Å². The van der Waals surface area contributed by atoms with Crippen molar-refractivity contribution in [1.29, 1.82) is 0 Å². The van der Waals surface area contributed by atoms with E-state index in [-0.39, 0.29) is 5.24 Å². The Balaban J connectivity index is 2.16. The number of aliphatic imine (C=N–C) groups is 1. The second kappa shape index (κ2) is 11.5. The van der Waals surface area contributed by atoms with Gasteiger partial charge in [-0.1, -0.05) is 26.2 Å². The van der Waals surface area contributed by atoms with Crippen LogP contribution in [0.25, 0.3) is 0 Å². The van der Waals surface area contributed by atoms with Crippen LogP contribution < -0.4 is 5.32 Å². The number of ether oxygens (including phenoxy) is 1. The molecule has 1 aliphatic rings. The number of nitrogens with one attached hydrogen (secondary N) is 1. The van der Waals surface area contributed by atoms with E-state index in [9.17, 15) is 4.79 Å². The summed E-state index contributed by atoms with van der Waals surface area (Å²) in [4.78, 5) is 16.0.